The Kier molecular flexibility index (Phi) is 11.6. The second-order valence-corrected chi connectivity index (χ2v) is 13.1. The number of halogens is 2. The zero-order valence-corrected chi connectivity index (χ0v) is 26.9. The third kappa shape index (κ3) is 8.26. The van der Waals surface area contributed by atoms with E-state index in [1.807, 2.05) is 59.0 Å². The molecule has 0 aliphatic heterocycles. The van der Waals surface area contributed by atoms with E-state index in [1.54, 1.807) is 6.07 Å². The first-order valence-corrected chi connectivity index (χ1v) is 15.4. The van der Waals surface area contributed by atoms with Crippen LogP contribution in [0.1, 0.15) is 72.8 Å². The van der Waals surface area contributed by atoms with Crippen LogP contribution in [0.5, 0.6) is 5.75 Å². The van der Waals surface area contributed by atoms with Crippen molar-refractivity contribution in [1.82, 2.24) is 14.3 Å². The van der Waals surface area contributed by atoms with Crippen molar-refractivity contribution in [1.29, 1.82) is 0 Å². The fourth-order valence-corrected chi connectivity index (χ4v) is 5.14. The molecule has 4 aromatic rings. The van der Waals surface area contributed by atoms with Gasteiger partial charge in [0.2, 0.25) is 0 Å². The number of hydrogen-bond donors (Lipinski definition) is 1. The number of carbonyl (C=O) groups is 1. The Balaban J connectivity index is 0.00000220. The Morgan fingerprint density at radius 3 is 2.47 bits per heavy atom. The molecule has 0 fully saturated rings. The van der Waals surface area contributed by atoms with Gasteiger partial charge in [-0.2, -0.15) is 0 Å². The number of hydrogen-bond acceptors (Lipinski definition) is 5. The maximum absolute atomic E-state index is 15.9. The Morgan fingerprint density at radius 2 is 1.81 bits per heavy atom. The second-order valence-electron chi connectivity index (χ2n) is 11.0. The summed E-state index contributed by atoms with van der Waals surface area (Å²) in [6.45, 7) is 13.7. The Labute approximate surface area is 256 Å². The summed E-state index contributed by atoms with van der Waals surface area (Å²) < 4.78 is 57.7. The van der Waals surface area contributed by atoms with Gasteiger partial charge >= 0.3 is 5.97 Å². The number of nitrogens with one attached hydrogen (secondary N) is 1. The summed E-state index contributed by atoms with van der Waals surface area (Å²) >= 11 is 0. The summed E-state index contributed by atoms with van der Waals surface area (Å²) in [6, 6.07) is 11.5. The van der Waals surface area contributed by atoms with E-state index in [4.69, 9.17) is 9.47 Å². The molecular formula is C33H43F2N3O4S. The Bertz CT molecular complexity index is 1600. The SMILES string of the molecule is CC.COC(=O)Cc1ccc(F)cc1OCc1cc(-c2ccnc(CNS(=O)C(C)(C)C)c2F)c2ccn(C(C)C)c2c1.[HH]. The molecule has 0 bridgehead atoms. The number of methoxy groups -OCH3 is 1. The highest BCUT2D eigenvalue weighted by Crippen LogP contribution is 2.35. The lowest BCUT2D eigenvalue weighted by atomic mass is 9.98. The third-order valence-electron chi connectivity index (χ3n) is 6.62. The van der Waals surface area contributed by atoms with Gasteiger partial charge in [0.15, 0.2) is 5.82 Å². The van der Waals surface area contributed by atoms with Crippen LogP contribution in [0.3, 0.4) is 0 Å². The number of rotatable bonds is 10. The molecule has 0 aliphatic rings. The van der Waals surface area contributed by atoms with Gasteiger partial charge in [0.05, 0.1) is 41.5 Å². The molecule has 10 heteroatoms. The maximum atomic E-state index is 15.9. The van der Waals surface area contributed by atoms with Crippen molar-refractivity contribution in [3.8, 4) is 16.9 Å². The van der Waals surface area contributed by atoms with E-state index in [0.717, 1.165) is 16.5 Å². The smallest absolute Gasteiger partial charge is 0.310 e. The first kappa shape index (κ1) is 33.9. The zero-order valence-electron chi connectivity index (χ0n) is 26.1. The van der Waals surface area contributed by atoms with Crippen molar-refractivity contribution in [3.05, 3.63) is 83.3 Å². The molecule has 0 aliphatic carbocycles. The highest BCUT2D eigenvalue weighted by atomic mass is 32.2. The lowest BCUT2D eigenvalue weighted by Gasteiger charge is -2.18. The van der Waals surface area contributed by atoms with Crippen LogP contribution in [-0.4, -0.2) is 31.6 Å². The van der Waals surface area contributed by atoms with E-state index in [1.165, 1.54) is 31.5 Å². The average molecular weight is 616 g/mol. The fourth-order valence-electron chi connectivity index (χ4n) is 4.44. The van der Waals surface area contributed by atoms with Crippen LogP contribution in [0.25, 0.3) is 22.0 Å². The standard InChI is InChI=1S/C31H35F2N3O4S.C2H6.H2/c1-19(2)36-12-10-23-25(24-9-11-34-26(30(24)33)17-35-41(38)31(3,4)5)13-20(14-27(23)36)18-40-28-16-22(32)8-7-21(28)15-29(37)39-6;1-2;/h7-14,16,19,35H,15,17-18H2,1-6H3;1-2H3;1H. The van der Waals surface area contributed by atoms with Gasteiger partial charge in [-0.1, -0.05) is 19.9 Å². The molecule has 2 aromatic carbocycles. The maximum Gasteiger partial charge on any atom is 0.310 e. The molecule has 0 amide bonds. The normalized spacial score (nSPS) is 12.2. The summed E-state index contributed by atoms with van der Waals surface area (Å²) in [5.74, 6) is -1.24. The topological polar surface area (TPSA) is 82.5 Å². The molecule has 1 atom stereocenters. The fraction of sp³-hybridized carbons (Fsp3) is 0.394. The van der Waals surface area contributed by atoms with Gasteiger partial charge in [0.25, 0.3) is 0 Å². The van der Waals surface area contributed by atoms with E-state index in [0.29, 0.717) is 16.7 Å². The Hall–Kier alpha value is -3.63. The van der Waals surface area contributed by atoms with Crippen LogP contribution >= 0.6 is 0 Å². The number of fused-ring (bicyclic) bond motifs is 1. The Morgan fingerprint density at radius 1 is 1.09 bits per heavy atom. The average Bonchev–Trinajstić information content (AvgIpc) is 3.41. The third-order valence-corrected chi connectivity index (χ3v) is 8.14. The predicted molar refractivity (Wildman–Crippen MR) is 170 cm³/mol. The first-order valence-electron chi connectivity index (χ1n) is 14.3. The molecule has 43 heavy (non-hydrogen) atoms. The number of ether oxygens (including phenoxy) is 2. The van der Waals surface area contributed by atoms with E-state index in [9.17, 15) is 13.4 Å². The van der Waals surface area contributed by atoms with E-state index in [2.05, 4.69) is 28.1 Å². The largest absolute Gasteiger partial charge is 0.488 e. The van der Waals surface area contributed by atoms with Gasteiger partial charge in [0, 0.05) is 48.0 Å². The summed E-state index contributed by atoms with van der Waals surface area (Å²) in [5, 5.41) is 0.849. The van der Waals surface area contributed by atoms with E-state index < -0.39 is 33.3 Å². The summed E-state index contributed by atoms with van der Waals surface area (Å²) in [4.78, 5) is 16.1. The van der Waals surface area contributed by atoms with Crippen LogP contribution in [0.15, 0.2) is 54.9 Å². The molecule has 7 nitrogen and oxygen atoms in total. The van der Waals surface area contributed by atoms with Crippen molar-refractivity contribution in [3.63, 3.8) is 0 Å². The molecule has 1 unspecified atom stereocenters. The molecule has 2 aromatic heterocycles. The second kappa shape index (κ2) is 14.7. The van der Waals surface area contributed by atoms with Gasteiger partial charge < -0.3 is 14.0 Å². The summed E-state index contributed by atoms with van der Waals surface area (Å²) in [6.07, 6.45) is 3.43. The highest BCUT2D eigenvalue weighted by Gasteiger charge is 2.22. The van der Waals surface area contributed by atoms with Gasteiger partial charge in [-0.25, -0.2) is 17.7 Å². The van der Waals surface area contributed by atoms with Crippen molar-refractivity contribution >= 4 is 27.9 Å². The predicted octanol–water partition coefficient (Wildman–Crippen LogP) is 7.68. The number of aromatic nitrogens is 2. The molecule has 2 heterocycles. The summed E-state index contributed by atoms with van der Waals surface area (Å²) in [5.41, 5.74) is 3.26. The van der Waals surface area contributed by atoms with Crippen LogP contribution in [0.4, 0.5) is 8.78 Å². The van der Waals surface area contributed by atoms with Crippen molar-refractivity contribution < 1.29 is 28.7 Å². The molecule has 4 rings (SSSR count). The van der Waals surface area contributed by atoms with Crippen molar-refractivity contribution in [2.45, 2.75) is 78.8 Å². The monoisotopic (exact) mass is 615 g/mol. The van der Waals surface area contributed by atoms with Crippen molar-refractivity contribution in [2.75, 3.05) is 7.11 Å². The molecule has 0 saturated heterocycles. The zero-order chi connectivity index (χ0) is 31.9. The highest BCUT2D eigenvalue weighted by molar-refractivity contribution is 7.84. The van der Waals surface area contributed by atoms with Gasteiger partial charge in [-0.05, 0) is 76.1 Å². The first-order chi connectivity index (χ1) is 20.4. The number of nitrogens with zero attached hydrogens (tertiary/aromatic N) is 2. The van der Waals surface area contributed by atoms with Crippen LogP contribution in [0.2, 0.25) is 0 Å². The van der Waals surface area contributed by atoms with Crippen LogP contribution < -0.4 is 9.46 Å². The molecule has 234 valence electrons. The van der Waals surface area contributed by atoms with Crippen molar-refractivity contribution in [2.24, 2.45) is 0 Å². The lowest BCUT2D eigenvalue weighted by molar-refractivity contribution is -0.139. The number of pyridine rings is 1. The molecular weight excluding hydrogens is 572 g/mol. The quantitative estimate of drug-likeness (QED) is 0.185. The van der Waals surface area contributed by atoms with Gasteiger partial charge in [-0.15, -0.1) is 0 Å². The van der Waals surface area contributed by atoms with Crippen LogP contribution in [-0.2, 0) is 40.1 Å². The molecule has 1 N–H and O–H groups in total. The van der Waals surface area contributed by atoms with E-state index >= 15 is 4.39 Å². The van der Waals surface area contributed by atoms with E-state index in [-0.39, 0.29) is 38.5 Å². The van der Waals surface area contributed by atoms with Crippen LogP contribution in [0, 0.1) is 11.6 Å². The number of carbonyl (C=O) groups excluding carboxylic acids is 1. The molecule has 0 saturated carbocycles. The minimum atomic E-state index is -1.39. The minimum absolute atomic E-state index is 0. The number of benzene rings is 2. The molecule has 0 radical (unpaired) electrons. The lowest BCUT2D eigenvalue weighted by Crippen LogP contribution is -2.33. The summed E-state index contributed by atoms with van der Waals surface area (Å²) in [7, 11) is -0.0982. The van der Waals surface area contributed by atoms with Gasteiger partial charge in [0.1, 0.15) is 18.2 Å². The van der Waals surface area contributed by atoms with Gasteiger partial charge in [-0.3, -0.25) is 9.78 Å². The minimum Gasteiger partial charge on any atom is -0.488 e. The number of esters is 1. The molecule has 0 spiro atoms.